The van der Waals surface area contributed by atoms with Gasteiger partial charge in [-0.1, -0.05) is 0 Å². The Bertz CT molecular complexity index is 380. The Hall–Kier alpha value is -1.75. The van der Waals surface area contributed by atoms with Crippen LogP contribution in [0.15, 0.2) is 18.2 Å². The van der Waals surface area contributed by atoms with Crippen molar-refractivity contribution >= 4 is 5.91 Å². The SMILES string of the molecule is COc1ccc(C(=O)NCCCN)cc1OC. The Balaban J connectivity index is 2.74. The molecular formula is C12H18N2O3. The summed E-state index contributed by atoms with van der Waals surface area (Å²) in [7, 11) is 3.09. The number of methoxy groups -OCH3 is 2. The molecule has 94 valence electrons. The molecule has 1 rings (SSSR count). The van der Waals surface area contributed by atoms with Gasteiger partial charge in [0.15, 0.2) is 11.5 Å². The summed E-state index contributed by atoms with van der Waals surface area (Å²) in [6.07, 6.45) is 0.763. The fourth-order valence-electron chi connectivity index (χ4n) is 1.38. The van der Waals surface area contributed by atoms with Crippen molar-refractivity contribution in [3.05, 3.63) is 23.8 Å². The van der Waals surface area contributed by atoms with Crippen LogP contribution < -0.4 is 20.5 Å². The Labute approximate surface area is 101 Å². The fourth-order valence-corrected chi connectivity index (χ4v) is 1.38. The molecule has 0 bridgehead atoms. The number of ether oxygens (including phenoxy) is 2. The van der Waals surface area contributed by atoms with E-state index in [-0.39, 0.29) is 5.91 Å². The molecule has 1 aromatic carbocycles. The zero-order valence-electron chi connectivity index (χ0n) is 10.2. The summed E-state index contributed by atoms with van der Waals surface area (Å²) in [5.41, 5.74) is 5.89. The van der Waals surface area contributed by atoms with Gasteiger partial charge in [-0.25, -0.2) is 0 Å². The quantitative estimate of drug-likeness (QED) is 0.718. The molecule has 0 aliphatic rings. The Morgan fingerprint density at radius 2 is 2.00 bits per heavy atom. The summed E-state index contributed by atoms with van der Waals surface area (Å²) in [5, 5.41) is 2.77. The van der Waals surface area contributed by atoms with E-state index in [1.807, 2.05) is 0 Å². The van der Waals surface area contributed by atoms with Crippen molar-refractivity contribution in [1.29, 1.82) is 0 Å². The number of nitrogens with one attached hydrogen (secondary N) is 1. The zero-order chi connectivity index (χ0) is 12.7. The average Bonchev–Trinajstić information content (AvgIpc) is 2.38. The minimum absolute atomic E-state index is 0.139. The predicted molar refractivity (Wildman–Crippen MR) is 65.6 cm³/mol. The molecule has 1 aromatic rings. The van der Waals surface area contributed by atoms with Crippen LogP contribution in [0.5, 0.6) is 11.5 Å². The van der Waals surface area contributed by atoms with Crippen LogP contribution >= 0.6 is 0 Å². The van der Waals surface area contributed by atoms with Crippen LogP contribution in [0.3, 0.4) is 0 Å². The average molecular weight is 238 g/mol. The standard InChI is InChI=1S/C12H18N2O3/c1-16-10-5-4-9(8-11(10)17-2)12(15)14-7-3-6-13/h4-5,8H,3,6-7,13H2,1-2H3,(H,14,15). The van der Waals surface area contributed by atoms with Gasteiger partial charge in [-0.2, -0.15) is 0 Å². The van der Waals surface area contributed by atoms with Gasteiger partial charge >= 0.3 is 0 Å². The number of nitrogens with two attached hydrogens (primary N) is 1. The summed E-state index contributed by atoms with van der Waals surface area (Å²) >= 11 is 0. The predicted octanol–water partition coefficient (Wildman–Crippen LogP) is 0.782. The number of amides is 1. The molecule has 0 saturated heterocycles. The van der Waals surface area contributed by atoms with E-state index in [4.69, 9.17) is 15.2 Å². The van der Waals surface area contributed by atoms with E-state index in [1.165, 1.54) is 7.11 Å². The van der Waals surface area contributed by atoms with Gasteiger partial charge in [-0.15, -0.1) is 0 Å². The minimum atomic E-state index is -0.139. The van der Waals surface area contributed by atoms with Gasteiger partial charge in [0.25, 0.3) is 5.91 Å². The number of rotatable bonds is 6. The van der Waals surface area contributed by atoms with Gasteiger partial charge in [0.2, 0.25) is 0 Å². The second-order valence-electron chi connectivity index (χ2n) is 3.47. The molecule has 17 heavy (non-hydrogen) atoms. The Morgan fingerprint density at radius 1 is 1.29 bits per heavy atom. The topological polar surface area (TPSA) is 73.6 Å². The second kappa shape index (κ2) is 6.75. The normalized spacial score (nSPS) is 9.82. The van der Waals surface area contributed by atoms with Crippen LogP contribution in [0.4, 0.5) is 0 Å². The molecule has 0 aliphatic carbocycles. The molecule has 3 N–H and O–H groups in total. The molecule has 5 heteroatoms. The van der Waals surface area contributed by atoms with Crippen LogP contribution in [0.1, 0.15) is 16.8 Å². The third-order valence-corrected chi connectivity index (χ3v) is 2.31. The van der Waals surface area contributed by atoms with Crippen molar-refractivity contribution in [2.45, 2.75) is 6.42 Å². The molecular weight excluding hydrogens is 220 g/mol. The molecule has 0 atom stereocenters. The highest BCUT2D eigenvalue weighted by Crippen LogP contribution is 2.27. The van der Waals surface area contributed by atoms with E-state index in [0.29, 0.717) is 30.2 Å². The van der Waals surface area contributed by atoms with E-state index in [1.54, 1.807) is 25.3 Å². The lowest BCUT2D eigenvalue weighted by Crippen LogP contribution is -2.25. The molecule has 0 radical (unpaired) electrons. The van der Waals surface area contributed by atoms with E-state index in [0.717, 1.165) is 6.42 Å². The molecule has 0 unspecified atom stereocenters. The molecule has 0 spiro atoms. The van der Waals surface area contributed by atoms with Crippen LogP contribution in [0.2, 0.25) is 0 Å². The van der Waals surface area contributed by atoms with E-state index < -0.39 is 0 Å². The maximum absolute atomic E-state index is 11.7. The molecule has 0 heterocycles. The van der Waals surface area contributed by atoms with Crippen molar-refractivity contribution in [2.24, 2.45) is 5.73 Å². The van der Waals surface area contributed by atoms with E-state index >= 15 is 0 Å². The number of hydrogen-bond acceptors (Lipinski definition) is 4. The largest absolute Gasteiger partial charge is 0.493 e. The smallest absolute Gasteiger partial charge is 0.251 e. The molecule has 1 amide bonds. The third-order valence-electron chi connectivity index (χ3n) is 2.31. The highest BCUT2D eigenvalue weighted by Gasteiger charge is 2.09. The van der Waals surface area contributed by atoms with Gasteiger partial charge in [-0.3, -0.25) is 4.79 Å². The first-order valence-electron chi connectivity index (χ1n) is 5.43. The second-order valence-corrected chi connectivity index (χ2v) is 3.47. The van der Waals surface area contributed by atoms with E-state index in [9.17, 15) is 4.79 Å². The lowest BCUT2D eigenvalue weighted by Gasteiger charge is -2.09. The summed E-state index contributed by atoms with van der Waals surface area (Å²) in [5.74, 6) is 1.00. The molecule has 0 aliphatic heterocycles. The third kappa shape index (κ3) is 3.64. The molecule has 5 nitrogen and oxygen atoms in total. The van der Waals surface area contributed by atoms with Gasteiger partial charge in [0, 0.05) is 12.1 Å². The van der Waals surface area contributed by atoms with Crippen LogP contribution in [0.25, 0.3) is 0 Å². The summed E-state index contributed by atoms with van der Waals surface area (Å²) in [6.45, 7) is 1.13. The maximum atomic E-state index is 11.7. The van der Waals surface area contributed by atoms with Gasteiger partial charge in [0.05, 0.1) is 14.2 Å². The highest BCUT2D eigenvalue weighted by molar-refractivity contribution is 5.94. The fraction of sp³-hybridized carbons (Fsp3) is 0.417. The number of hydrogen-bond donors (Lipinski definition) is 2. The van der Waals surface area contributed by atoms with Crippen molar-refractivity contribution in [3.63, 3.8) is 0 Å². The number of benzene rings is 1. The van der Waals surface area contributed by atoms with Crippen LogP contribution in [-0.2, 0) is 0 Å². The zero-order valence-corrected chi connectivity index (χ0v) is 10.2. The number of carbonyl (C=O) groups excluding carboxylic acids is 1. The van der Waals surface area contributed by atoms with Crippen LogP contribution in [0, 0.1) is 0 Å². The molecule has 0 saturated carbocycles. The van der Waals surface area contributed by atoms with Gasteiger partial charge in [-0.05, 0) is 31.2 Å². The van der Waals surface area contributed by atoms with Crippen molar-refractivity contribution < 1.29 is 14.3 Å². The number of carbonyl (C=O) groups is 1. The first kappa shape index (κ1) is 13.3. The summed E-state index contributed by atoms with van der Waals surface area (Å²) in [6, 6.07) is 5.05. The maximum Gasteiger partial charge on any atom is 0.251 e. The first-order valence-corrected chi connectivity index (χ1v) is 5.43. The molecule has 0 fully saturated rings. The summed E-state index contributed by atoms with van der Waals surface area (Å²) < 4.78 is 10.2. The lowest BCUT2D eigenvalue weighted by atomic mass is 10.2. The van der Waals surface area contributed by atoms with Crippen LogP contribution in [-0.4, -0.2) is 33.2 Å². The summed E-state index contributed by atoms with van der Waals surface area (Å²) in [4.78, 5) is 11.7. The van der Waals surface area contributed by atoms with Gasteiger partial charge in [0.1, 0.15) is 0 Å². The minimum Gasteiger partial charge on any atom is -0.493 e. The monoisotopic (exact) mass is 238 g/mol. The van der Waals surface area contributed by atoms with Crippen molar-refractivity contribution in [2.75, 3.05) is 27.3 Å². The lowest BCUT2D eigenvalue weighted by molar-refractivity contribution is 0.0953. The first-order chi connectivity index (χ1) is 8.22. The van der Waals surface area contributed by atoms with Crippen molar-refractivity contribution in [3.8, 4) is 11.5 Å². The van der Waals surface area contributed by atoms with Crippen molar-refractivity contribution in [1.82, 2.24) is 5.32 Å². The van der Waals surface area contributed by atoms with E-state index in [2.05, 4.69) is 5.32 Å². The Morgan fingerprint density at radius 3 is 2.59 bits per heavy atom. The highest BCUT2D eigenvalue weighted by atomic mass is 16.5. The molecule has 0 aromatic heterocycles. The van der Waals surface area contributed by atoms with Gasteiger partial charge < -0.3 is 20.5 Å². The Kier molecular flexibility index (Phi) is 5.29.